The van der Waals surface area contributed by atoms with Gasteiger partial charge in [0.25, 0.3) is 0 Å². The molecule has 0 spiro atoms. The maximum atomic E-state index is 13.7. The molecule has 0 aliphatic carbocycles. The molecule has 0 radical (unpaired) electrons. The summed E-state index contributed by atoms with van der Waals surface area (Å²) in [5, 5.41) is 7.22. The van der Waals surface area contributed by atoms with E-state index in [1.807, 2.05) is 0 Å². The van der Waals surface area contributed by atoms with E-state index in [1.165, 1.54) is 12.4 Å². The van der Waals surface area contributed by atoms with Gasteiger partial charge in [0.2, 0.25) is 0 Å². The van der Waals surface area contributed by atoms with E-state index >= 15 is 0 Å². The molecule has 0 N–H and O–H groups in total. The van der Waals surface area contributed by atoms with Crippen molar-refractivity contribution in [2.45, 2.75) is 13.3 Å². The number of halogens is 2. The Hall–Kier alpha value is -2.17. The summed E-state index contributed by atoms with van der Waals surface area (Å²) in [6.07, 6.45) is 2.88. The third kappa shape index (κ3) is 2.25. The van der Waals surface area contributed by atoms with Gasteiger partial charge >= 0.3 is 0 Å². The van der Waals surface area contributed by atoms with E-state index in [1.54, 1.807) is 13.0 Å². The lowest BCUT2D eigenvalue weighted by Crippen LogP contribution is -2.05. The van der Waals surface area contributed by atoms with Crippen molar-refractivity contribution in [1.82, 2.24) is 10.2 Å². The second kappa shape index (κ2) is 5.00. The second-order valence-corrected chi connectivity index (χ2v) is 3.72. The first-order valence-corrected chi connectivity index (χ1v) is 5.42. The predicted octanol–water partition coefficient (Wildman–Crippen LogP) is 3.01. The van der Waals surface area contributed by atoms with Crippen LogP contribution < -0.4 is 0 Å². The summed E-state index contributed by atoms with van der Waals surface area (Å²) in [4.78, 5) is 11.4. The van der Waals surface area contributed by atoms with Gasteiger partial charge in [0.1, 0.15) is 11.6 Å². The van der Waals surface area contributed by atoms with Crippen molar-refractivity contribution >= 4 is 5.78 Å². The fourth-order valence-corrected chi connectivity index (χ4v) is 1.64. The molecule has 0 saturated heterocycles. The first-order valence-electron chi connectivity index (χ1n) is 5.42. The molecule has 5 heteroatoms. The van der Waals surface area contributed by atoms with Gasteiger partial charge in [0.05, 0.1) is 18.0 Å². The molecular weight excluding hydrogens is 238 g/mol. The molecule has 0 aliphatic rings. The Kier molecular flexibility index (Phi) is 3.41. The van der Waals surface area contributed by atoms with Crippen LogP contribution in [0.4, 0.5) is 8.78 Å². The molecule has 1 aromatic heterocycles. The first-order chi connectivity index (χ1) is 8.63. The third-order valence-electron chi connectivity index (χ3n) is 2.56. The minimum absolute atomic E-state index is 0.0595. The molecule has 3 nitrogen and oxygen atoms in total. The van der Waals surface area contributed by atoms with E-state index in [0.29, 0.717) is 11.1 Å². The Morgan fingerprint density at radius 2 is 1.83 bits per heavy atom. The highest BCUT2D eigenvalue weighted by Gasteiger charge is 2.17. The maximum Gasteiger partial charge on any atom is 0.168 e. The monoisotopic (exact) mass is 248 g/mol. The summed E-state index contributed by atoms with van der Waals surface area (Å²) in [6, 6.07) is 3.84. The van der Waals surface area contributed by atoms with Crippen molar-refractivity contribution in [1.29, 1.82) is 0 Å². The van der Waals surface area contributed by atoms with Gasteiger partial charge in [0.15, 0.2) is 5.78 Å². The first kappa shape index (κ1) is 12.3. The highest BCUT2D eigenvalue weighted by molar-refractivity contribution is 5.96. The topological polar surface area (TPSA) is 42.9 Å². The Morgan fingerprint density at radius 3 is 2.33 bits per heavy atom. The smallest absolute Gasteiger partial charge is 0.168 e. The Morgan fingerprint density at radius 1 is 1.17 bits per heavy atom. The summed E-state index contributed by atoms with van der Waals surface area (Å²) in [6.45, 7) is 1.56. The Labute approximate surface area is 102 Å². The highest BCUT2D eigenvalue weighted by atomic mass is 19.1. The van der Waals surface area contributed by atoms with Crippen molar-refractivity contribution in [3.8, 4) is 11.1 Å². The number of ketones is 1. The molecule has 0 atom stereocenters. The van der Waals surface area contributed by atoms with Crippen LogP contribution in [0, 0.1) is 11.6 Å². The molecule has 1 heterocycles. The molecule has 0 amide bonds. The van der Waals surface area contributed by atoms with Gasteiger partial charge in [-0.25, -0.2) is 8.78 Å². The number of nitrogens with zero attached hydrogens (tertiary/aromatic N) is 2. The number of carbonyl (C=O) groups is 1. The van der Waals surface area contributed by atoms with E-state index in [0.717, 1.165) is 12.1 Å². The molecule has 0 unspecified atom stereocenters. The zero-order valence-electron chi connectivity index (χ0n) is 9.65. The molecule has 0 saturated carbocycles. The van der Waals surface area contributed by atoms with Crippen molar-refractivity contribution in [2.75, 3.05) is 0 Å². The summed E-state index contributed by atoms with van der Waals surface area (Å²) in [7, 11) is 0. The average Bonchev–Trinajstić information content (AvgIpc) is 2.38. The van der Waals surface area contributed by atoms with Gasteiger partial charge in [-0.2, -0.15) is 10.2 Å². The van der Waals surface area contributed by atoms with Crippen molar-refractivity contribution in [2.24, 2.45) is 0 Å². The lowest BCUT2D eigenvalue weighted by atomic mass is 10.0. The summed E-state index contributed by atoms with van der Waals surface area (Å²) in [5.74, 6) is -2.26. The molecule has 2 rings (SSSR count). The quantitative estimate of drug-likeness (QED) is 0.784. The Bertz CT molecular complexity index is 562. The van der Waals surface area contributed by atoms with Crippen LogP contribution in [-0.2, 0) is 0 Å². The van der Waals surface area contributed by atoms with Crippen molar-refractivity contribution in [3.63, 3.8) is 0 Å². The molecule has 1 aromatic carbocycles. The van der Waals surface area contributed by atoms with Gasteiger partial charge in [-0.15, -0.1) is 0 Å². The molecular formula is C13H10F2N2O. The summed E-state index contributed by atoms with van der Waals surface area (Å²) < 4.78 is 27.5. The van der Waals surface area contributed by atoms with E-state index in [4.69, 9.17) is 0 Å². The summed E-state index contributed by atoms with van der Waals surface area (Å²) >= 11 is 0. The number of rotatable bonds is 3. The lowest BCUT2D eigenvalue weighted by Gasteiger charge is -2.06. The van der Waals surface area contributed by atoms with Crippen LogP contribution in [0.1, 0.15) is 23.7 Å². The van der Waals surface area contributed by atoms with Crippen LogP contribution in [-0.4, -0.2) is 16.0 Å². The van der Waals surface area contributed by atoms with Gasteiger partial charge in [-0.1, -0.05) is 6.92 Å². The largest absolute Gasteiger partial charge is 0.294 e. The Balaban J connectivity index is 2.53. The predicted molar refractivity (Wildman–Crippen MR) is 62.0 cm³/mol. The SMILES string of the molecule is CCC(=O)c1c(F)cc(-c2ccnnc2)cc1F. The van der Waals surface area contributed by atoms with Gasteiger partial charge < -0.3 is 0 Å². The number of hydrogen-bond donors (Lipinski definition) is 0. The zero-order chi connectivity index (χ0) is 13.1. The van der Waals surface area contributed by atoms with Crippen LogP contribution in [0.25, 0.3) is 11.1 Å². The number of Topliss-reactive ketones (excluding diaryl/α,β-unsaturated/α-hetero) is 1. The standard InChI is InChI=1S/C13H10F2N2O/c1-2-12(18)13-10(14)5-9(6-11(13)15)8-3-4-16-17-7-8/h3-7H,2H2,1H3. The van der Waals surface area contributed by atoms with Crippen molar-refractivity contribution in [3.05, 3.63) is 47.8 Å². The number of benzene rings is 1. The molecule has 0 fully saturated rings. The second-order valence-electron chi connectivity index (χ2n) is 3.72. The number of hydrogen-bond acceptors (Lipinski definition) is 3. The van der Waals surface area contributed by atoms with Crippen LogP contribution in [0.15, 0.2) is 30.6 Å². The third-order valence-corrected chi connectivity index (χ3v) is 2.56. The maximum absolute atomic E-state index is 13.7. The molecule has 2 aromatic rings. The normalized spacial score (nSPS) is 10.4. The molecule has 0 aliphatic heterocycles. The van der Waals surface area contributed by atoms with Gasteiger partial charge in [-0.3, -0.25) is 4.79 Å². The van der Waals surface area contributed by atoms with Crippen LogP contribution in [0.5, 0.6) is 0 Å². The summed E-state index contributed by atoms with van der Waals surface area (Å²) in [5.41, 5.74) is 0.383. The molecule has 92 valence electrons. The minimum Gasteiger partial charge on any atom is -0.294 e. The molecule has 0 bridgehead atoms. The van der Waals surface area contributed by atoms with Crippen LogP contribution in [0.3, 0.4) is 0 Å². The van der Waals surface area contributed by atoms with Gasteiger partial charge in [0, 0.05) is 12.0 Å². The van der Waals surface area contributed by atoms with Crippen LogP contribution in [0.2, 0.25) is 0 Å². The van der Waals surface area contributed by atoms with E-state index in [-0.39, 0.29) is 6.42 Å². The molecule has 18 heavy (non-hydrogen) atoms. The van der Waals surface area contributed by atoms with E-state index < -0.39 is 23.0 Å². The van der Waals surface area contributed by atoms with E-state index in [9.17, 15) is 13.6 Å². The van der Waals surface area contributed by atoms with Crippen LogP contribution >= 0.6 is 0 Å². The average molecular weight is 248 g/mol. The van der Waals surface area contributed by atoms with Gasteiger partial charge in [-0.05, 0) is 23.8 Å². The highest BCUT2D eigenvalue weighted by Crippen LogP contribution is 2.24. The number of aromatic nitrogens is 2. The van der Waals surface area contributed by atoms with E-state index in [2.05, 4.69) is 10.2 Å². The lowest BCUT2D eigenvalue weighted by molar-refractivity contribution is 0.0980. The zero-order valence-corrected chi connectivity index (χ0v) is 9.65. The number of carbonyl (C=O) groups excluding carboxylic acids is 1. The fourth-order valence-electron chi connectivity index (χ4n) is 1.64. The van der Waals surface area contributed by atoms with Crippen molar-refractivity contribution < 1.29 is 13.6 Å². The fraction of sp³-hybridized carbons (Fsp3) is 0.154. The minimum atomic E-state index is -0.853.